The Kier molecular flexibility index (Phi) is 13.1. The van der Waals surface area contributed by atoms with Gasteiger partial charge in [-0.1, -0.05) is 196 Å². The molecule has 3 heterocycles. The molecule has 0 radical (unpaired) electrons. The summed E-state index contributed by atoms with van der Waals surface area (Å²) in [6.45, 7) is 25.0. The zero-order valence-electron chi connectivity index (χ0n) is 44.1. The zero-order chi connectivity index (χ0) is 50.9. The van der Waals surface area contributed by atoms with Crippen molar-refractivity contribution in [2.24, 2.45) is 0 Å². The maximum absolute atomic E-state index is 6.98. The molecule has 0 amide bonds. The molecule has 2 aromatic heterocycles. The Balaban J connectivity index is 0.00000626. The molecular weight excluding hydrogens is 1080 g/mol. The van der Waals surface area contributed by atoms with Crippen LogP contribution in [0.25, 0.3) is 38.8 Å². The molecule has 0 N–H and O–H groups in total. The normalized spacial score (nSPS) is 13.1. The average Bonchev–Trinajstić information content (AvgIpc) is 3.95. The molecule has 374 valence electrons. The summed E-state index contributed by atoms with van der Waals surface area (Å²) in [6.07, 6.45) is 1.92. The van der Waals surface area contributed by atoms with Crippen LogP contribution in [0, 0.1) is 18.8 Å². The molecule has 0 fully saturated rings. The maximum atomic E-state index is 6.98. The fourth-order valence-electron chi connectivity index (χ4n) is 10.3. The fraction of sp³-hybridized carbons (Fsp3) is 0.206. The minimum Gasteiger partial charge on any atom is -0.509 e. The second-order valence-electron chi connectivity index (χ2n) is 22.7. The van der Waals surface area contributed by atoms with Crippen LogP contribution in [0.15, 0.2) is 194 Å². The van der Waals surface area contributed by atoms with Crippen molar-refractivity contribution in [3.63, 3.8) is 0 Å². The first-order valence-electron chi connectivity index (χ1n) is 25.5. The number of aromatic nitrogens is 2. The molecule has 10 aromatic rings. The van der Waals surface area contributed by atoms with Gasteiger partial charge in [-0.25, -0.2) is 4.98 Å². The first-order chi connectivity index (χ1) is 34.9. The van der Waals surface area contributed by atoms with Crippen molar-refractivity contribution in [2.45, 2.75) is 90.9 Å². The molecule has 0 bridgehead atoms. The predicted octanol–water partition coefficient (Wildman–Crippen LogP) is 17.9. The summed E-state index contributed by atoms with van der Waals surface area (Å²) >= 11 is 0. The van der Waals surface area contributed by atoms with Crippen molar-refractivity contribution < 1.29 is 25.8 Å². The van der Waals surface area contributed by atoms with E-state index in [1.165, 1.54) is 38.9 Å². The van der Waals surface area contributed by atoms with Crippen LogP contribution in [0.1, 0.15) is 103 Å². The van der Waals surface area contributed by atoms with Crippen molar-refractivity contribution in [2.75, 3.05) is 9.80 Å². The van der Waals surface area contributed by atoms with Gasteiger partial charge in [-0.15, -0.1) is 53.6 Å². The average molecular weight is 1150 g/mol. The Morgan fingerprint density at radius 1 is 0.446 bits per heavy atom. The van der Waals surface area contributed by atoms with Crippen LogP contribution in [0.3, 0.4) is 0 Å². The van der Waals surface area contributed by atoms with Crippen molar-refractivity contribution in [1.82, 2.24) is 9.55 Å². The molecule has 11 rings (SSSR count). The maximum Gasteiger partial charge on any atom is 0.135 e. The van der Waals surface area contributed by atoms with E-state index in [4.69, 9.17) is 9.72 Å². The Bertz CT molecular complexity index is 3660. The number of anilines is 4. The van der Waals surface area contributed by atoms with Gasteiger partial charge in [0.15, 0.2) is 0 Å². The summed E-state index contributed by atoms with van der Waals surface area (Å²) in [5.41, 5.74) is 15.0. The third-order valence-corrected chi connectivity index (χ3v) is 15.0. The molecule has 74 heavy (non-hydrogen) atoms. The Hall–Kier alpha value is -7.20. The van der Waals surface area contributed by atoms with E-state index in [1.54, 1.807) is 0 Å². The second kappa shape index (κ2) is 19.3. The topological polar surface area (TPSA) is 33.5 Å². The number of pyridine rings is 1. The molecule has 0 aliphatic carbocycles. The van der Waals surface area contributed by atoms with Crippen molar-refractivity contribution >= 4 is 44.6 Å². The van der Waals surface area contributed by atoms with Gasteiger partial charge in [0.1, 0.15) is 5.82 Å². The third-order valence-electron chi connectivity index (χ3n) is 15.0. The number of benzene rings is 8. The molecule has 8 aromatic carbocycles. The van der Waals surface area contributed by atoms with Gasteiger partial charge in [0.2, 0.25) is 0 Å². The Labute approximate surface area is 452 Å². The van der Waals surface area contributed by atoms with E-state index in [1.807, 2.05) is 12.3 Å². The SMILES string of the molecule is CC(C)(C)c1cc(Oc2[c-]c3c(cc2)c2ccccc2n3-c2cc(C(C)(C)c3ccccc3)ccn2)[c-]c(N2[CH-]N(c3cc(-c4ccccc4)cc(C(C)(C)c4ccccc4)c3)c3ccc(C(C)(C)C)cc32)c1.[Pt]. The van der Waals surface area contributed by atoms with Crippen LogP contribution >= 0.6 is 0 Å². The zero-order valence-corrected chi connectivity index (χ0v) is 46.3. The van der Waals surface area contributed by atoms with Crippen LogP contribution in [-0.2, 0) is 42.7 Å². The summed E-state index contributed by atoms with van der Waals surface area (Å²) in [6, 6.07) is 75.2. The largest absolute Gasteiger partial charge is 0.509 e. The molecule has 0 atom stereocenters. The van der Waals surface area contributed by atoms with E-state index in [0.29, 0.717) is 11.5 Å². The first kappa shape index (κ1) is 50.3. The monoisotopic (exact) mass is 1150 g/mol. The van der Waals surface area contributed by atoms with Gasteiger partial charge >= 0.3 is 0 Å². The molecule has 0 saturated heterocycles. The number of para-hydroxylation sites is 1. The van der Waals surface area contributed by atoms with Gasteiger partial charge < -0.3 is 19.1 Å². The van der Waals surface area contributed by atoms with Gasteiger partial charge in [0, 0.05) is 72.2 Å². The van der Waals surface area contributed by atoms with Gasteiger partial charge in [-0.05, 0) is 97.6 Å². The number of nitrogens with zero attached hydrogens (tertiary/aromatic N) is 4. The molecule has 1 aliphatic rings. The fourth-order valence-corrected chi connectivity index (χ4v) is 10.3. The molecule has 5 nitrogen and oxygen atoms in total. The van der Waals surface area contributed by atoms with Crippen LogP contribution in [0.5, 0.6) is 11.5 Å². The standard InChI is InChI=1S/C68H63N4O.Pt/c1-65(2,3)50-30-33-61-63(41-50)71(45-70(61)54-37-47(46-22-14-11-15-23-46)36-53(39-54)68(9,10)49-26-18-13-19-27-49)55-38-52(66(4,5)6)40-57(43-55)73-56-31-32-59-58-28-20-21-29-60(58)72(62(59)44-56)64-42-51(34-35-69-64)67(7,8)48-24-16-12-17-25-48;/h11-42,45H,1-10H3;/q-3;. The van der Waals surface area contributed by atoms with Gasteiger partial charge in [0.25, 0.3) is 0 Å². The minimum absolute atomic E-state index is 0. The molecule has 6 heteroatoms. The summed E-state index contributed by atoms with van der Waals surface area (Å²) in [5, 5.41) is 2.21. The summed E-state index contributed by atoms with van der Waals surface area (Å²) in [4.78, 5) is 9.64. The number of hydrogen-bond donors (Lipinski definition) is 0. The Morgan fingerprint density at radius 2 is 1.08 bits per heavy atom. The Morgan fingerprint density at radius 3 is 1.76 bits per heavy atom. The second-order valence-corrected chi connectivity index (χ2v) is 22.7. The molecular formula is C68H63N4OPt-3. The summed E-state index contributed by atoms with van der Waals surface area (Å²) in [5.74, 6) is 2.04. The quantitative estimate of drug-likeness (QED) is 0.128. The van der Waals surface area contributed by atoms with Gasteiger partial charge in [0.05, 0.1) is 0 Å². The minimum atomic E-state index is -0.269. The van der Waals surface area contributed by atoms with Crippen LogP contribution < -0.4 is 14.5 Å². The van der Waals surface area contributed by atoms with Crippen molar-refractivity contribution in [3.8, 4) is 28.4 Å². The first-order valence-corrected chi connectivity index (χ1v) is 25.5. The molecule has 1 aliphatic heterocycles. The van der Waals surface area contributed by atoms with Crippen molar-refractivity contribution in [3.05, 3.63) is 246 Å². The van der Waals surface area contributed by atoms with Crippen molar-refractivity contribution in [1.29, 1.82) is 0 Å². The van der Waals surface area contributed by atoms with E-state index in [2.05, 4.69) is 284 Å². The number of ether oxygens (including phenoxy) is 1. The molecule has 0 saturated carbocycles. The number of fused-ring (bicyclic) bond motifs is 4. The van der Waals surface area contributed by atoms with E-state index in [0.717, 1.165) is 55.9 Å². The predicted molar refractivity (Wildman–Crippen MR) is 304 cm³/mol. The van der Waals surface area contributed by atoms with E-state index < -0.39 is 0 Å². The van der Waals surface area contributed by atoms with Gasteiger partial charge in [-0.2, -0.15) is 6.07 Å². The summed E-state index contributed by atoms with van der Waals surface area (Å²) < 4.78 is 9.21. The number of rotatable bonds is 10. The van der Waals surface area contributed by atoms with E-state index >= 15 is 0 Å². The molecule has 0 spiro atoms. The van der Waals surface area contributed by atoms with Crippen LogP contribution in [0.4, 0.5) is 22.7 Å². The van der Waals surface area contributed by atoms with E-state index in [-0.39, 0.29) is 42.7 Å². The van der Waals surface area contributed by atoms with E-state index in [9.17, 15) is 0 Å². The number of hydrogen-bond acceptors (Lipinski definition) is 4. The summed E-state index contributed by atoms with van der Waals surface area (Å²) in [7, 11) is 0. The van der Waals surface area contributed by atoms with Crippen LogP contribution in [0.2, 0.25) is 0 Å². The molecule has 0 unspecified atom stereocenters. The van der Waals surface area contributed by atoms with Crippen LogP contribution in [-0.4, -0.2) is 9.55 Å². The third kappa shape index (κ3) is 9.37. The smallest absolute Gasteiger partial charge is 0.135 e. The van der Waals surface area contributed by atoms with Gasteiger partial charge in [-0.3, -0.25) is 0 Å².